The van der Waals surface area contributed by atoms with E-state index in [2.05, 4.69) is 29.1 Å². The number of halogens is 1. The number of aryl methyl sites for hydroxylation is 1. The van der Waals surface area contributed by atoms with Gasteiger partial charge in [0.1, 0.15) is 10.7 Å². The zero-order valence-electron chi connectivity index (χ0n) is 20.1. The lowest BCUT2D eigenvalue weighted by Gasteiger charge is -2.24. The molecule has 8 heteroatoms. The first-order valence-corrected chi connectivity index (χ1v) is 13.9. The van der Waals surface area contributed by atoms with Gasteiger partial charge < -0.3 is 5.32 Å². The number of aromatic nitrogens is 3. The summed E-state index contributed by atoms with van der Waals surface area (Å²) in [5.41, 5.74) is 2.26. The maximum Gasteiger partial charge on any atom is 0.271 e. The molecule has 5 rings (SSSR count). The number of hydrogen-bond donors (Lipinski definition) is 1. The van der Waals surface area contributed by atoms with Gasteiger partial charge in [0.05, 0.1) is 10.8 Å². The predicted molar refractivity (Wildman–Crippen MR) is 141 cm³/mol. The lowest BCUT2D eigenvalue weighted by atomic mass is 10.00. The molecule has 1 aromatic carbocycles. The van der Waals surface area contributed by atoms with E-state index in [4.69, 9.17) is 11.6 Å². The zero-order chi connectivity index (χ0) is 24.2. The van der Waals surface area contributed by atoms with Crippen LogP contribution in [0.25, 0.3) is 11.0 Å². The van der Waals surface area contributed by atoms with Crippen molar-refractivity contribution in [2.45, 2.75) is 88.3 Å². The van der Waals surface area contributed by atoms with Gasteiger partial charge in [-0.15, -0.1) is 0 Å². The lowest BCUT2D eigenvalue weighted by molar-refractivity contribution is 0.505. The van der Waals surface area contributed by atoms with Crippen LogP contribution in [0.3, 0.4) is 0 Å². The summed E-state index contributed by atoms with van der Waals surface area (Å²) in [5, 5.41) is 4.52. The van der Waals surface area contributed by atoms with Crippen LogP contribution in [0.15, 0.2) is 40.2 Å². The van der Waals surface area contributed by atoms with Gasteiger partial charge in [-0.3, -0.25) is 13.6 Å². The maximum atomic E-state index is 12.8. The van der Waals surface area contributed by atoms with Gasteiger partial charge in [0.15, 0.2) is 0 Å². The molecule has 2 aliphatic carbocycles. The largest absolute Gasteiger partial charge is 0.324 e. The molecule has 0 radical (unpaired) electrons. The van der Waals surface area contributed by atoms with E-state index in [0.717, 1.165) is 60.1 Å². The Labute approximate surface area is 208 Å². The van der Waals surface area contributed by atoms with E-state index in [9.17, 15) is 9.00 Å². The van der Waals surface area contributed by atoms with Crippen molar-refractivity contribution in [1.29, 1.82) is 0 Å². The van der Waals surface area contributed by atoms with Crippen LogP contribution in [-0.4, -0.2) is 24.0 Å². The highest BCUT2D eigenvalue weighted by atomic mass is 35.5. The molecule has 0 amide bonds. The minimum Gasteiger partial charge on any atom is -0.324 e. The van der Waals surface area contributed by atoms with E-state index in [1.165, 1.54) is 12.8 Å². The van der Waals surface area contributed by atoms with E-state index < -0.39 is 10.8 Å². The Hall–Kier alpha value is -2.25. The Bertz CT molecular complexity index is 1250. The Balaban J connectivity index is 0.000000868. The fourth-order valence-electron chi connectivity index (χ4n) is 4.45. The van der Waals surface area contributed by atoms with E-state index in [-0.39, 0.29) is 16.6 Å². The first-order valence-electron chi connectivity index (χ1n) is 12.3. The molecule has 182 valence electrons. The van der Waals surface area contributed by atoms with Gasteiger partial charge in [-0.2, -0.15) is 4.98 Å². The number of rotatable bonds is 5. The highest BCUT2D eigenvalue weighted by Crippen LogP contribution is 2.32. The van der Waals surface area contributed by atoms with E-state index in [1.54, 1.807) is 16.8 Å². The smallest absolute Gasteiger partial charge is 0.271 e. The third-order valence-electron chi connectivity index (χ3n) is 6.45. The summed E-state index contributed by atoms with van der Waals surface area (Å²) < 4.78 is 14.4. The van der Waals surface area contributed by atoms with Gasteiger partial charge in [0.2, 0.25) is 5.95 Å². The number of fused-ring (bicyclic) bond motifs is 1. The molecular formula is C26H33ClN4O2S. The Morgan fingerprint density at radius 3 is 2.44 bits per heavy atom. The fraction of sp³-hybridized carbons (Fsp3) is 0.500. The molecule has 0 spiro atoms. The van der Waals surface area contributed by atoms with Crippen LogP contribution in [0.4, 0.5) is 11.6 Å². The second kappa shape index (κ2) is 11.0. The highest BCUT2D eigenvalue weighted by Gasteiger charge is 2.25. The average Bonchev–Trinajstić information content (AvgIpc) is 3.30. The minimum atomic E-state index is -0.944. The van der Waals surface area contributed by atoms with E-state index >= 15 is 0 Å². The quantitative estimate of drug-likeness (QED) is 0.422. The SMILES string of the molecule is CCC.Cc1cc(S(=O)C2CCC2)ccc1Nc1ncc2cc(Cl)c(=O)n(C3CCCC3)c2n1. The van der Waals surface area contributed by atoms with Crippen LogP contribution in [0.5, 0.6) is 0 Å². The van der Waals surface area contributed by atoms with Gasteiger partial charge in [-0.25, -0.2) is 4.98 Å². The second-order valence-corrected chi connectivity index (χ2v) is 11.4. The van der Waals surface area contributed by atoms with Crippen LogP contribution < -0.4 is 10.9 Å². The molecule has 1 unspecified atom stereocenters. The molecule has 0 bridgehead atoms. The molecule has 3 aromatic rings. The van der Waals surface area contributed by atoms with Crippen molar-refractivity contribution < 1.29 is 4.21 Å². The van der Waals surface area contributed by atoms with Crippen LogP contribution in [0, 0.1) is 6.92 Å². The lowest BCUT2D eigenvalue weighted by Crippen LogP contribution is -2.25. The third-order valence-corrected chi connectivity index (χ3v) is 8.52. The van der Waals surface area contributed by atoms with Crippen molar-refractivity contribution in [2.75, 3.05) is 5.32 Å². The molecule has 2 heterocycles. The third kappa shape index (κ3) is 5.20. The molecular weight excluding hydrogens is 468 g/mol. The molecule has 2 aromatic heterocycles. The van der Waals surface area contributed by atoms with Crippen molar-refractivity contribution in [3.63, 3.8) is 0 Å². The molecule has 2 fully saturated rings. The van der Waals surface area contributed by atoms with E-state index in [1.807, 2.05) is 25.1 Å². The molecule has 0 saturated heterocycles. The standard InChI is InChI=1S/C23H25ClN4O2S.C3H8/c1-14-11-18(31(30)17-7-4-8-17)9-10-20(14)26-23-25-13-15-12-19(24)22(29)28(21(15)27-23)16-5-2-3-6-16;1-3-2/h9-13,16-17H,2-8H2,1H3,(H,25,26,27);3H2,1-2H3. The monoisotopic (exact) mass is 500 g/mol. The van der Waals surface area contributed by atoms with E-state index in [0.29, 0.717) is 16.8 Å². The summed E-state index contributed by atoms with van der Waals surface area (Å²) in [6, 6.07) is 7.59. The fourth-order valence-corrected chi connectivity index (χ4v) is 6.30. The predicted octanol–water partition coefficient (Wildman–Crippen LogP) is 6.69. The minimum absolute atomic E-state index is 0.124. The number of nitrogens with one attached hydrogen (secondary N) is 1. The first kappa shape index (κ1) is 24.9. The molecule has 1 N–H and O–H groups in total. The second-order valence-electron chi connectivity index (χ2n) is 9.24. The van der Waals surface area contributed by atoms with Gasteiger partial charge in [0, 0.05) is 33.5 Å². The summed E-state index contributed by atoms with van der Waals surface area (Å²) in [4.78, 5) is 22.8. The Kier molecular flexibility index (Phi) is 8.04. The summed E-state index contributed by atoms with van der Waals surface area (Å²) in [6.07, 6.45) is 10.3. The summed E-state index contributed by atoms with van der Waals surface area (Å²) >= 11 is 6.21. The number of nitrogens with zero attached hydrogens (tertiary/aromatic N) is 3. The van der Waals surface area contributed by atoms with Crippen LogP contribution in [-0.2, 0) is 10.8 Å². The van der Waals surface area contributed by atoms with Gasteiger partial charge in [0.25, 0.3) is 5.56 Å². The number of anilines is 2. The number of benzene rings is 1. The van der Waals surface area contributed by atoms with Gasteiger partial charge >= 0.3 is 0 Å². The van der Waals surface area contributed by atoms with Crippen molar-refractivity contribution in [3.8, 4) is 0 Å². The summed E-state index contributed by atoms with van der Waals surface area (Å²) in [7, 11) is -0.944. The molecule has 34 heavy (non-hydrogen) atoms. The van der Waals surface area contributed by atoms with Crippen molar-refractivity contribution in [1.82, 2.24) is 14.5 Å². The van der Waals surface area contributed by atoms with Crippen LogP contribution in [0.1, 0.15) is 76.8 Å². The topological polar surface area (TPSA) is 76.9 Å². The van der Waals surface area contributed by atoms with Gasteiger partial charge in [-0.05, 0) is 62.4 Å². The highest BCUT2D eigenvalue weighted by molar-refractivity contribution is 7.85. The van der Waals surface area contributed by atoms with Crippen LogP contribution >= 0.6 is 11.6 Å². The maximum absolute atomic E-state index is 12.8. The Morgan fingerprint density at radius 2 is 1.82 bits per heavy atom. The van der Waals surface area contributed by atoms with Crippen molar-refractivity contribution in [3.05, 3.63) is 51.4 Å². The average molecular weight is 501 g/mol. The summed E-state index contributed by atoms with van der Waals surface area (Å²) in [6.45, 7) is 6.24. The first-order chi connectivity index (χ1) is 16.4. The van der Waals surface area contributed by atoms with Crippen LogP contribution in [0.2, 0.25) is 5.02 Å². The normalized spacial score (nSPS) is 17.2. The molecule has 6 nitrogen and oxygen atoms in total. The number of pyridine rings is 1. The molecule has 1 atom stereocenters. The molecule has 2 saturated carbocycles. The molecule has 0 aliphatic heterocycles. The Morgan fingerprint density at radius 1 is 1.12 bits per heavy atom. The van der Waals surface area contributed by atoms with Gasteiger partial charge in [-0.1, -0.05) is 51.1 Å². The summed E-state index contributed by atoms with van der Waals surface area (Å²) in [5.74, 6) is 0.428. The van der Waals surface area contributed by atoms with Crippen molar-refractivity contribution >= 4 is 45.1 Å². The number of hydrogen-bond acceptors (Lipinski definition) is 5. The zero-order valence-corrected chi connectivity index (χ0v) is 21.7. The molecule has 2 aliphatic rings. The van der Waals surface area contributed by atoms with Crippen molar-refractivity contribution in [2.24, 2.45) is 0 Å².